The number of aromatic nitrogens is 2. The van der Waals surface area contributed by atoms with Gasteiger partial charge in [0.25, 0.3) is 0 Å². The molecule has 7 nitrogen and oxygen atoms in total. The first-order valence-corrected chi connectivity index (χ1v) is 7.80. The molecule has 1 aromatic rings. The van der Waals surface area contributed by atoms with E-state index in [1.807, 2.05) is 6.07 Å². The Morgan fingerprint density at radius 3 is 2.77 bits per heavy atom. The Morgan fingerprint density at radius 2 is 2.14 bits per heavy atom. The fourth-order valence-corrected chi connectivity index (χ4v) is 2.14. The van der Waals surface area contributed by atoms with Crippen molar-refractivity contribution in [1.82, 2.24) is 15.3 Å². The summed E-state index contributed by atoms with van der Waals surface area (Å²) in [5.41, 5.74) is 0. The molecule has 1 aromatic heterocycles. The molecule has 0 saturated carbocycles. The van der Waals surface area contributed by atoms with E-state index in [0.717, 1.165) is 25.5 Å². The molecule has 0 radical (unpaired) electrons. The average molecular weight is 325 g/mol. The van der Waals surface area contributed by atoms with E-state index in [1.165, 1.54) is 0 Å². The van der Waals surface area contributed by atoms with E-state index in [9.17, 15) is 0 Å². The summed E-state index contributed by atoms with van der Waals surface area (Å²) >= 11 is 5.26. The molecule has 2 N–H and O–H groups in total. The number of hydrogen-bond donors (Lipinski definition) is 2. The van der Waals surface area contributed by atoms with E-state index < -0.39 is 0 Å². The quantitative estimate of drug-likeness (QED) is 0.784. The van der Waals surface area contributed by atoms with E-state index in [-0.39, 0.29) is 0 Å². The van der Waals surface area contributed by atoms with Crippen LogP contribution in [0.3, 0.4) is 0 Å². The fraction of sp³-hybridized carbons (Fsp3) is 0.643. The van der Waals surface area contributed by atoms with Crippen molar-refractivity contribution in [3.63, 3.8) is 0 Å². The number of methoxy groups -OCH3 is 1. The van der Waals surface area contributed by atoms with Crippen LogP contribution in [0.15, 0.2) is 6.07 Å². The molecule has 122 valence electrons. The normalized spacial score (nSPS) is 14.8. The zero-order valence-electron chi connectivity index (χ0n) is 13.3. The minimum Gasteiger partial charge on any atom is -0.481 e. The first kappa shape index (κ1) is 16.7. The van der Waals surface area contributed by atoms with Gasteiger partial charge in [-0.25, -0.2) is 0 Å². The fourth-order valence-electron chi connectivity index (χ4n) is 1.97. The number of thiocarbonyl (C=S) groups is 1. The molecule has 0 unspecified atom stereocenters. The van der Waals surface area contributed by atoms with Crippen LogP contribution in [0.2, 0.25) is 0 Å². The summed E-state index contributed by atoms with van der Waals surface area (Å²) in [4.78, 5) is 10.9. The number of morpholine rings is 1. The van der Waals surface area contributed by atoms with Crippen LogP contribution < -0.4 is 20.3 Å². The van der Waals surface area contributed by atoms with E-state index in [4.69, 9.17) is 21.7 Å². The van der Waals surface area contributed by atoms with Crippen LogP contribution in [0.5, 0.6) is 5.88 Å². The van der Waals surface area contributed by atoms with E-state index in [1.54, 1.807) is 7.11 Å². The zero-order valence-corrected chi connectivity index (χ0v) is 14.1. The van der Waals surface area contributed by atoms with E-state index >= 15 is 0 Å². The third-order valence-electron chi connectivity index (χ3n) is 3.13. The lowest BCUT2D eigenvalue weighted by atomic mass is 10.2. The molecule has 8 heteroatoms. The van der Waals surface area contributed by atoms with Gasteiger partial charge in [-0.1, -0.05) is 13.8 Å². The number of anilines is 2. The van der Waals surface area contributed by atoms with Crippen molar-refractivity contribution in [2.75, 3.05) is 50.2 Å². The van der Waals surface area contributed by atoms with Crippen LogP contribution in [-0.4, -0.2) is 55.0 Å². The van der Waals surface area contributed by atoms with Crippen LogP contribution >= 0.6 is 12.2 Å². The highest BCUT2D eigenvalue weighted by Gasteiger charge is 2.15. The van der Waals surface area contributed by atoms with Crippen molar-refractivity contribution in [3.8, 4) is 5.88 Å². The van der Waals surface area contributed by atoms with Gasteiger partial charge in [-0.3, -0.25) is 0 Å². The minimum absolute atomic E-state index is 0.432. The lowest BCUT2D eigenvalue weighted by Crippen LogP contribution is -2.37. The lowest BCUT2D eigenvalue weighted by molar-refractivity contribution is 0.122. The van der Waals surface area contributed by atoms with Gasteiger partial charge >= 0.3 is 0 Å². The Hall–Kier alpha value is -1.67. The average Bonchev–Trinajstić information content (AvgIpc) is 2.53. The molecule has 2 heterocycles. The van der Waals surface area contributed by atoms with Crippen LogP contribution in [0.4, 0.5) is 11.8 Å². The zero-order chi connectivity index (χ0) is 15.9. The molecule has 0 aromatic carbocycles. The second kappa shape index (κ2) is 8.09. The third kappa shape index (κ3) is 4.96. The standard InChI is InChI=1S/C14H23N5O2S/c1-10(2)9-15-14(22)18-13-16-11(8-12(17-13)20-3)19-4-6-21-7-5-19/h8,10H,4-7,9H2,1-3H3,(H2,15,16,17,18,22). The van der Waals surface area contributed by atoms with E-state index in [0.29, 0.717) is 36.1 Å². The van der Waals surface area contributed by atoms with Crippen molar-refractivity contribution in [1.29, 1.82) is 0 Å². The van der Waals surface area contributed by atoms with Gasteiger partial charge in [0.15, 0.2) is 5.11 Å². The second-order valence-corrected chi connectivity index (χ2v) is 5.83. The Morgan fingerprint density at radius 1 is 1.41 bits per heavy atom. The van der Waals surface area contributed by atoms with Crippen molar-refractivity contribution < 1.29 is 9.47 Å². The number of nitrogens with one attached hydrogen (secondary N) is 2. The molecule has 0 bridgehead atoms. The molecule has 22 heavy (non-hydrogen) atoms. The molecule has 1 fully saturated rings. The Labute approximate surface area is 136 Å². The minimum atomic E-state index is 0.432. The molecule has 1 aliphatic heterocycles. The summed E-state index contributed by atoms with van der Waals surface area (Å²) in [6.45, 7) is 8.03. The van der Waals surface area contributed by atoms with Crippen LogP contribution in [0.25, 0.3) is 0 Å². The Bertz CT molecular complexity index is 506. The number of rotatable bonds is 5. The van der Waals surface area contributed by atoms with Crippen molar-refractivity contribution >= 4 is 29.1 Å². The van der Waals surface area contributed by atoms with Crippen molar-refractivity contribution in [2.24, 2.45) is 5.92 Å². The molecule has 0 amide bonds. The monoisotopic (exact) mass is 325 g/mol. The largest absolute Gasteiger partial charge is 0.481 e. The van der Waals surface area contributed by atoms with Crippen LogP contribution in [0.1, 0.15) is 13.8 Å². The van der Waals surface area contributed by atoms with Gasteiger partial charge in [-0.05, 0) is 18.1 Å². The molecule has 1 aliphatic rings. The number of ether oxygens (including phenoxy) is 2. The summed E-state index contributed by atoms with van der Waals surface area (Å²) < 4.78 is 10.6. The summed E-state index contributed by atoms with van der Waals surface area (Å²) in [6, 6.07) is 1.82. The van der Waals surface area contributed by atoms with E-state index in [2.05, 4.69) is 39.3 Å². The molecular weight excluding hydrogens is 302 g/mol. The first-order chi connectivity index (χ1) is 10.6. The van der Waals surface area contributed by atoms with Gasteiger partial charge in [-0.2, -0.15) is 9.97 Å². The smallest absolute Gasteiger partial charge is 0.234 e. The van der Waals surface area contributed by atoms with Crippen LogP contribution in [0, 0.1) is 5.92 Å². The van der Waals surface area contributed by atoms with Gasteiger partial charge in [0.1, 0.15) is 5.82 Å². The maximum absolute atomic E-state index is 5.36. The topological polar surface area (TPSA) is 71.5 Å². The SMILES string of the molecule is COc1cc(N2CCOCC2)nc(NC(=S)NCC(C)C)n1. The highest BCUT2D eigenvalue weighted by atomic mass is 32.1. The first-order valence-electron chi connectivity index (χ1n) is 7.39. The van der Waals surface area contributed by atoms with Crippen molar-refractivity contribution in [2.45, 2.75) is 13.8 Å². The maximum atomic E-state index is 5.36. The number of nitrogens with zero attached hydrogens (tertiary/aromatic N) is 3. The lowest BCUT2D eigenvalue weighted by Gasteiger charge is -2.28. The molecule has 0 atom stereocenters. The Kier molecular flexibility index (Phi) is 6.14. The molecule has 0 aliphatic carbocycles. The second-order valence-electron chi connectivity index (χ2n) is 5.42. The number of hydrogen-bond acceptors (Lipinski definition) is 6. The van der Waals surface area contributed by atoms with Gasteiger partial charge < -0.3 is 25.0 Å². The van der Waals surface area contributed by atoms with Gasteiger partial charge in [0.05, 0.1) is 20.3 Å². The highest BCUT2D eigenvalue weighted by Crippen LogP contribution is 2.20. The third-order valence-corrected chi connectivity index (χ3v) is 3.38. The predicted octanol–water partition coefficient (Wildman–Crippen LogP) is 1.26. The Balaban J connectivity index is 2.08. The van der Waals surface area contributed by atoms with Crippen LogP contribution in [-0.2, 0) is 4.74 Å². The highest BCUT2D eigenvalue weighted by molar-refractivity contribution is 7.80. The molecular formula is C14H23N5O2S. The summed E-state index contributed by atoms with van der Waals surface area (Å²) in [5, 5.41) is 6.65. The summed E-state index contributed by atoms with van der Waals surface area (Å²) in [5.74, 6) is 2.26. The molecule has 2 rings (SSSR count). The summed E-state index contributed by atoms with van der Waals surface area (Å²) in [7, 11) is 1.59. The summed E-state index contributed by atoms with van der Waals surface area (Å²) in [6.07, 6.45) is 0. The molecule has 1 saturated heterocycles. The van der Waals surface area contributed by atoms with Gasteiger partial charge in [-0.15, -0.1) is 0 Å². The maximum Gasteiger partial charge on any atom is 0.234 e. The van der Waals surface area contributed by atoms with Crippen molar-refractivity contribution in [3.05, 3.63) is 6.07 Å². The van der Waals surface area contributed by atoms with Gasteiger partial charge in [0.2, 0.25) is 11.8 Å². The molecule has 0 spiro atoms. The predicted molar refractivity (Wildman–Crippen MR) is 90.7 cm³/mol. The van der Waals surface area contributed by atoms with Gasteiger partial charge in [0, 0.05) is 25.7 Å².